The average Bonchev–Trinajstić information content (AvgIpc) is 3.28. The molecule has 154 valence electrons. The summed E-state index contributed by atoms with van der Waals surface area (Å²) < 4.78 is 7.10. The monoisotopic (exact) mass is 400 g/mol. The van der Waals surface area contributed by atoms with Crippen molar-refractivity contribution in [2.45, 2.75) is 31.0 Å². The third-order valence-electron chi connectivity index (χ3n) is 5.15. The summed E-state index contributed by atoms with van der Waals surface area (Å²) in [6.07, 6.45) is -2.03. The van der Waals surface area contributed by atoms with Crippen molar-refractivity contribution in [1.29, 1.82) is 0 Å². The number of aliphatic hydroxyl groups excluding tert-OH is 3. The molecule has 2 aromatic heterocycles. The van der Waals surface area contributed by atoms with Crippen molar-refractivity contribution in [3.8, 4) is 0 Å². The van der Waals surface area contributed by atoms with E-state index in [0.717, 1.165) is 6.42 Å². The highest BCUT2D eigenvalue weighted by atomic mass is 16.6. The van der Waals surface area contributed by atoms with Gasteiger partial charge in [0.1, 0.15) is 23.8 Å². The van der Waals surface area contributed by atoms with E-state index in [1.165, 1.54) is 16.5 Å². The summed E-state index contributed by atoms with van der Waals surface area (Å²) in [5.41, 5.74) is 8.04. The Bertz CT molecular complexity index is 981. The van der Waals surface area contributed by atoms with Crippen molar-refractivity contribution in [2.24, 2.45) is 0 Å². The van der Waals surface area contributed by atoms with Crippen molar-refractivity contribution in [1.82, 2.24) is 19.5 Å². The quantitative estimate of drug-likeness (QED) is 0.438. The van der Waals surface area contributed by atoms with E-state index < -0.39 is 31.1 Å². The molecule has 10 heteroatoms. The lowest BCUT2D eigenvalue weighted by Crippen LogP contribution is -2.33. The molecule has 0 amide bonds. The number of ether oxygens (including phenoxy) is 1. The number of aliphatic hydroxyl groups is 3. The number of anilines is 2. The van der Waals surface area contributed by atoms with E-state index >= 15 is 0 Å². The molecular formula is C19H24N6O4. The maximum Gasteiger partial charge on any atom is 0.229 e. The van der Waals surface area contributed by atoms with E-state index in [9.17, 15) is 15.3 Å². The molecule has 5 N–H and O–H groups in total. The summed E-state index contributed by atoms with van der Waals surface area (Å²) >= 11 is 0. The Morgan fingerprint density at radius 2 is 1.93 bits per heavy atom. The Hall–Kier alpha value is -2.79. The van der Waals surface area contributed by atoms with Crippen LogP contribution in [0.1, 0.15) is 11.8 Å². The molecule has 0 spiro atoms. The summed E-state index contributed by atoms with van der Waals surface area (Å²) in [6.45, 7) is 0.267. The lowest BCUT2D eigenvalue weighted by atomic mass is 10.1. The van der Waals surface area contributed by atoms with Gasteiger partial charge in [0.2, 0.25) is 5.95 Å². The topological polar surface area (TPSA) is 143 Å². The molecule has 4 rings (SSSR count). The molecule has 0 bridgehead atoms. The first kappa shape index (κ1) is 19.5. The number of likely N-dealkylation sites (N-methyl/N-ethyl adjacent to an activating group) is 1. The van der Waals surface area contributed by atoms with Gasteiger partial charge in [-0.1, -0.05) is 30.3 Å². The van der Waals surface area contributed by atoms with Crippen LogP contribution in [0.25, 0.3) is 11.2 Å². The maximum atomic E-state index is 10.3. The number of rotatable bonds is 6. The molecule has 0 aliphatic carbocycles. The van der Waals surface area contributed by atoms with Crippen LogP contribution in [0.2, 0.25) is 0 Å². The predicted molar refractivity (Wildman–Crippen MR) is 106 cm³/mol. The summed E-state index contributed by atoms with van der Waals surface area (Å²) in [4.78, 5) is 15.0. The number of hydrogen-bond donors (Lipinski definition) is 4. The van der Waals surface area contributed by atoms with Crippen LogP contribution in [0.15, 0.2) is 36.7 Å². The highest BCUT2D eigenvalue weighted by Crippen LogP contribution is 2.32. The molecule has 0 unspecified atom stereocenters. The van der Waals surface area contributed by atoms with Crippen molar-refractivity contribution >= 4 is 22.9 Å². The fourth-order valence-corrected chi connectivity index (χ4v) is 3.43. The number of nitrogens with two attached hydrogens (primary N) is 1. The molecule has 1 saturated heterocycles. The van der Waals surface area contributed by atoms with E-state index in [-0.39, 0.29) is 5.82 Å². The summed E-state index contributed by atoms with van der Waals surface area (Å²) in [6, 6.07) is 10.1. The van der Waals surface area contributed by atoms with E-state index in [0.29, 0.717) is 23.7 Å². The number of nitrogen functional groups attached to an aromatic ring is 1. The molecule has 3 heterocycles. The predicted octanol–water partition coefficient (Wildman–Crippen LogP) is -0.301. The molecule has 1 aromatic carbocycles. The van der Waals surface area contributed by atoms with Crippen molar-refractivity contribution in [2.75, 3.05) is 30.8 Å². The van der Waals surface area contributed by atoms with Crippen LogP contribution in [0.5, 0.6) is 0 Å². The van der Waals surface area contributed by atoms with Crippen LogP contribution in [-0.4, -0.2) is 73.3 Å². The zero-order valence-electron chi connectivity index (χ0n) is 16.0. The minimum absolute atomic E-state index is 0.210. The number of hydrogen-bond acceptors (Lipinski definition) is 9. The summed E-state index contributed by atoms with van der Waals surface area (Å²) in [5.74, 6) is 0.626. The average molecular weight is 400 g/mol. The molecule has 1 aliphatic rings. The van der Waals surface area contributed by atoms with Crippen LogP contribution in [0.3, 0.4) is 0 Å². The first-order valence-electron chi connectivity index (χ1n) is 9.37. The van der Waals surface area contributed by atoms with Crippen LogP contribution in [0, 0.1) is 0 Å². The number of nitrogens with zero attached hydrogens (tertiary/aromatic N) is 5. The van der Waals surface area contributed by atoms with E-state index in [4.69, 9.17) is 10.5 Å². The third kappa shape index (κ3) is 3.62. The van der Waals surface area contributed by atoms with Gasteiger partial charge in [0, 0.05) is 13.6 Å². The number of imidazole rings is 1. The normalized spacial score (nSPS) is 24.3. The van der Waals surface area contributed by atoms with Gasteiger partial charge in [0.05, 0.1) is 12.9 Å². The van der Waals surface area contributed by atoms with Crippen LogP contribution >= 0.6 is 0 Å². The number of benzene rings is 1. The lowest BCUT2D eigenvalue weighted by molar-refractivity contribution is -0.0511. The van der Waals surface area contributed by atoms with Crippen LogP contribution in [-0.2, 0) is 11.2 Å². The Balaban J connectivity index is 1.61. The van der Waals surface area contributed by atoms with Gasteiger partial charge in [0.15, 0.2) is 17.7 Å². The zero-order valence-corrected chi connectivity index (χ0v) is 16.0. The second-order valence-corrected chi connectivity index (χ2v) is 7.12. The van der Waals surface area contributed by atoms with E-state index in [2.05, 4.69) is 27.1 Å². The molecule has 1 aliphatic heterocycles. The first-order chi connectivity index (χ1) is 14.0. The van der Waals surface area contributed by atoms with Gasteiger partial charge in [-0.05, 0) is 12.0 Å². The number of fused-ring (bicyclic) bond motifs is 1. The van der Waals surface area contributed by atoms with Gasteiger partial charge in [0.25, 0.3) is 0 Å². The largest absolute Gasteiger partial charge is 0.394 e. The molecule has 0 saturated carbocycles. The molecule has 10 nitrogen and oxygen atoms in total. The molecule has 1 fully saturated rings. The minimum atomic E-state index is -1.24. The fourth-order valence-electron chi connectivity index (χ4n) is 3.43. The van der Waals surface area contributed by atoms with Crippen LogP contribution < -0.4 is 10.6 Å². The number of aromatic nitrogens is 4. The first-order valence-corrected chi connectivity index (χ1v) is 9.37. The Kier molecular flexibility index (Phi) is 5.33. The maximum absolute atomic E-state index is 10.3. The van der Waals surface area contributed by atoms with Gasteiger partial charge in [-0.25, -0.2) is 4.98 Å². The SMILES string of the molecule is CN(CCc1ccccc1)c1nc(N)c2ncn([C@@H]3O[C@H](CO)[C@@H](O)[C@H]3O)c2n1. The van der Waals surface area contributed by atoms with Crippen molar-refractivity contribution in [3.05, 3.63) is 42.2 Å². The molecular weight excluding hydrogens is 376 g/mol. The summed E-state index contributed by atoms with van der Waals surface area (Å²) in [7, 11) is 1.87. The van der Waals surface area contributed by atoms with Gasteiger partial charge in [-0.2, -0.15) is 9.97 Å². The molecule has 3 aromatic rings. The van der Waals surface area contributed by atoms with E-state index in [1.54, 1.807) is 0 Å². The zero-order chi connectivity index (χ0) is 20.5. The van der Waals surface area contributed by atoms with Gasteiger partial charge in [-0.3, -0.25) is 4.57 Å². The van der Waals surface area contributed by atoms with Crippen molar-refractivity contribution in [3.63, 3.8) is 0 Å². The van der Waals surface area contributed by atoms with Gasteiger partial charge >= 0.3 is 0 Å². The third-order valence-corrected chi connectivity index (χ3v) is 5.15. The Morgan fingerprint density at radius 3 is 2.62 bits per heavy atom. The van der Waals surface area contributed by atoms with Gasteiger partial charge < -0.3 is 30.7 Å². The van der Waals surface area contributed by atoms with Crippen molar-refractivity contribution < 1.29 is 20.1 Å². The second-order valence-electron chi connectivity index (χ2n) is 7.12. The highest BCUT2D eigenvalue weighted by Gasteiger charge is 2.44. The lowest BCUT2D eigenvalue weighted by Gasteiger charge is -2.19. The smallest absolute Gasteiger partial charge is 0.229 e. The fraction of sp³-hybridized carbons (Fsp3) is 0.421. The molecule has 0 radical (unpaired) electrons. The second kappa shape index (κ2) is 7.91. The summed E-state index contributed by atoms with van der Waals surface area (Å²) in [5, 5.41) is 29.7. The Labute approximate surface area is 167 Å². The van der Waals surface area contributed by atoms with Crippen LogP contribution in [0.4, 0.5) is 11.8 Å². The minimum Gasteiger partial charge on any atom is -0.394 e. The standard InChI is InChI=1S/C19H24N6O4/c1-24(8-7-11-5-3-2-4-6-11)19-22-16(20)13-17(23-19)25(10-21-13)18-15(28)14(27)12(9-26)29-18/h2-6,10,12,14-15,18,26-28H,7-9H2,1H3,(H2,20,22,23)/t12-,14-,15-,18-/m1/s1. The highest BCUT2D eigenvalue weighted by molar-refractivity contribution is 5.83. The molecule has 29 heavy (non-hydrogen) atoms. The van der Waals surface area contributed by atoms with E-state index in [1.807, 2.05) is 30.1 Å². The molecule has 4 atom stereocenters. The Morgan fingerprint density at radius 1 is 1.17 bits per heavy atom. The van der Waals surface area contributed by atoms with Gasteiger partial charge in [-0.15, -0.1) is 0 Å².